The van der Waals surface area contributed by atoms with E-state index in [0.717, 1.165) is 25.9 Å². The normalized spacial score (nSPS) is 37.7. The number of rotatable bonds is 1. The smallest absolute Gasteiger partial charge is 0.227 e. The molecule has 0 spiro atoms. The van der Waals surface area contributed by atoms with E-state index in [1.54, 1.807) is 0 Å². The summed E-state index contributed by atoms with van der Waals surface area (Å²) in [5.41, 5.74) is 1.34. The molecule has 0 aromatic rings. The lowest BCUT2D eigenvalue weighted by Crippen LogP contribution is -2.43. The third kappa shape index (κ3) is 1.67. The molecule has 0 aliphatic carbocycles. The van der Waals surface area contributed by atoms with Crippen molar-refractivity contribution in [3.05, 3.63) is 11.6 Å². The Kier molecular flexibility index (Phi) is 2.51. The molecule has 2 saturated heterocycles. The van der Waals surface area contributed by atoms with Crippen LogP contribution in [0.4, 0.5) is 0 Å². The number of hydrogen-bond acceptors (Lipinski definition) is 2. The largest absolute Gasteiger partial charge is 0.338 e. The minimum Gasteiger partial charge on any atom is -0.338 e. The van der Waals surface area contributed by atoms with Crippen molar-refractivity contribution in [2.75, 3.05) is 13.1 Å². The average Bonchev–Trinajstić information content (AvgIpc) is 2.89. The van der Waals surface area contributed by atoms with Gasteiger partial charge in [-0.15, -0.1) is 0 Å². The second kappa shape index (κ2) is 3.88. The minimum absolute atomic E-state index is 0.268. The van der Waals surface area contributed by atoms with Gasteiger partial charge in [-0.25, -0.2) is 0 Å². The summed E-state index contributed by atoms with van der Waals surface area (Å²) in [5, 5.41) is 3.55. The molecule has 3 atom stereocenters. The summed E-state index contributed by atoms with van der Waals surface area (Å²) < 4.78 is 0. The van der Waals surface area contributed by atoms with Crippen molar-refractivity contribution in [1.82, 2.24) is 10.2 Å². The minimum atomic E-state index is 0.268. The molecular formula is C13H20N2O. The van der Waals surface area contributed by atoms with Crippen LogP contribution in [0.25, 0.3) is 0 Å². The molecule has 16 heavy (non-hydrogen) atoms. The molecule has 1 amide bonds. The highest BCUT2D eigenvalue weighted by atomic mass is 16.2. The van der Waals surface area contributed by atoms with E-state index in [9.17, 15) is 4.79 Å². The number of fused-ring (bicyclic) bond motifs is 2. The maximum atomic E-state index is 12.4. The molecule has 3 unspecified atom stereocenters. The highest BCUT2D eigenvalue weighted by Crippen LogP contribution is 2.34. The number of hydrogen-bond donors (Lipinski definition) is 1. The second-order valence-corrected chi connectivity index (χ2v) is 5.49. The second-order valence-electron chi connectivity index (χ2n) is 5.49. The van der Waals surface area contributed by atoms with Crippen molar-refractivity contribution in [3.63, 3.8) is 0 Å². The van der Waals surface area contributed by atoms with E-state index in [1.165, 1.54) is 18.4 Å². The Morgan fingerprint density at radius 1 is 1.50 bits per heavy atom. The van der Waals surface area contributed by atoms with Gasteiger partial charge in [0.05, 0.1) is 5.92 Å². The Bertz CT molecular complexity index is 337. The van der Waals surface area contributed by atoms with Crippen molar-refractivity contribution < 1.29 is 4.79 Å². The third-order valence-corrected chi connectivity index (χ3v) is 4.26. The number of carbonyl (C=O) groups excluding carboxylic acids is 1. The number of nitrogens with one attached hydrogen (secondary N) is 1. The molecule has 2 bridgehead atoms. The topological polar surface area (TPSA) is 32.3 Å². The van der Waals surface area contributed by atoms with Crippen LogP contribution in [-0.4, -0.2) is 36.0 Å². The average molecular weight is 220 g/mol. The zero-order valence-corrected chi connectivity index (χ0v) is 9.91. The van der Waals surface area contributed by atoms with E-state index in [0.29, 0.717) is 18.0 Å². The molecule has 0 aromatic carbocycles. The van der Waals surface area contributed by atoms with Gasteiger partial charge in [0.15, 0.2) is 0 Å². The summed E-state index contributed by atoms with van der Waals surface area (Å²) >= 11 is 0. The van der Waals surface area contributed by atoms with E-state index in [2.05, 4.69) is 23.2 Å². The number of nitrogens with zero attached hydrogens (tertiary/aromatic N) is 1. The lowest BCUT2D eigenvalue weighted by Gasteiger charge is -2.31. The lowest BCUT2D eigenvalue weighted by atomic mass is 9.88. The fourth-order valence-corrected chi connectivity index (χ4v) is 3.43. The fraction of sp³-hybridized carbons (Fsp3) is 0.769. The summed E-state index contributed by atoms with van der Waals surface area (Å²) in [6.45, 7) is 3.90. The van der Waals surface area contributed by atoms with Crippen LogP contribution < -0.4 is 5.32 Å². The Morgan fingerprint density at radius 3 is 3.00 bits per heavy atom. The summed E-state index contributed by atoms with van der Waals surface area (Å²) in [6.07, 6.45) is 6.83. The molecule has 3 aliphatic rings. The van der Waals surface area contributed by atoms with Gasteiger partial charge in [-0.2, -0.15) is 0 Å². The van der Waals surface area contributed by atoms with Crippen molar-refractivity contribution in [2.24, 2.45) is 5.92 Å². The summed E-state index contributed by atoms with van der Waals surface area (Å²) in [5.74, 6) is 0.664. The van der Waals surface area contributed by atoms with E-state index in [1.807, 2.05) is 0 Å². The molecular weight excluding hydrogens is 200 g/mol. The van der Waals surface area contributed by atoms with E-state index in [4.69, 9.17) is 0 Å². The zero-order valence-electron chi connectivity index (χ0n) is 9.91. The SMILES string of the molecule is CC1=CCCN(C(=O)C2CC3CCC2N3)C1. The number of amides is 1. The first kappa shape index (κ1) is 10.3. The third-order valence-electron chi connectivity index (χ3n) is 4.26. The van der Waals surface area contributed by atoms with Gasteiger partial charge in [-0.1, -0.05) is 11.6 Å². The van der Waals surface area contributed by atoms with E-state index < -0.39 is 0 Å². The molecule has 3 heteroatoms. The summed E-state index contributed by atoms with van der Waals surface area (Å²) in [6, 6.07) is 1.10. The first-order chi connectivity index (χ1) is 7.74. The first-order valence-corrected chi connectivity index (χ1v) is 6.44. The van der Waals surface area contributed by atoms with Gasteiger partial charge in [0.1, 0.15) is 0 Å². The van der Waals surface area contributed by atoms with Crippen LogP contribution >= 0.6 is 0 Å². The van der Waals surface area contributed by atoms with Gasteiger partial charge in [0, 0.05) is 25.2 Å². The fourth-order valence-electron chi connectivity index (χ4n) is 3.43. The molecule has 3 heterocycles. The molecule has 3 aliphatic heterocycles. The molecule has 1 N–H and O–H groups in total. The van der Waals surface area contributed by atoms with Gasteiger partial charge >= 0.3 is 0 Å². The number of carbonyl (C=O) groups is 1. The van der Waals surface area contributed by atoms with Gasteiger partial charge in [-0.3, -0.25) is 4.79 Å². The monoisotopic (exact) mass is 220 g/mol. The van der Waals surface area contributed by atoms with Crippen LogP contribution in [-0.2, 0) is 4.79 Å². The Balaban J connectivity index is 1.67. The highest BCUT2D eigenvalue weighted by molar-refractivity contribution is 5.80. The van der Waals surface area contributed by atoms with Crippen molar-refractivity contribution in [2.45, 2.75) is 44.7 Å². The van der Waals surface area contributed by atoms with Gasteiger partial charge < -0.3 is 10.2 Å². The van der Waals surface area contributed by atoms with Crippen LogP contribution in [0.1, 0.15) is 32.6 Å². The van der Waals surface area contributed by atoms with Crippen LogP contribution in [0.5, 0.6) is 0 Å². The maximum Gasteiger partial charge on any atom is 0.227 e. The lowest BCUT2D eigenvalue weighted by molar-refractivity contribution is -0.135. The van der Waals surface area contributed by atoms with Crippen LogP contribution in [0, 0.1) is 5.92 Å². The molecule has 3 rings (SSSR count). The van der Waals surface area contributed by atoms with Gasteiger partial charge in [0.2, 0.25) is 5.91 Å². The quantitative estimate of drug-likeness (QED) is 0.676. The van der Waals surface area contributed by atoms with Crippen LogP contribution in [0.2, 0.25) is 0 Å². The van der Waals surface area contributed by atoms with Gasteiger partial charge in [-0.05, 0) is 32.6 Å². The first-order valence-electron chi connectivity index (χ1n) is 6.44. The predicted molar refractivity (Wildman–Crippen MR) is 63.0 cm³/mol. The predicted octanol–water partition coefficient (Wildman–Crippen LogP) is 1.31. The molecule has 88 valence electrons. The molecule has 2 fully saturated rings. The highest BCUT2D eigenvalue weighted by Gasteiger charge is 2.44. The van der Waals surface area contributed by atoms with Gasteiger partial charge in [0.25, 0.3) is 0 Å². The molecule has 0 saturated carbocycles. The van der Waals surface area contributed by atoms with E-state index >= 15 is 0 Å². The summed E-state index contributed by atoms with van der Waals surface area (Å²) in [7, 11) is 0. The Labute approximate surface area is 96.9 Å². The Morgan fingerprint density at radius 2 is 2.38 bits per heavy atom. The summed E-state index contributed by atoms with van der Waals surface area (Å²) in [4.78, 5) is 14.5. The maximum absolute atomic E-state index is 12.4. The molecule has 0 radical (unpaired) electrons. The van der Waals surface area contributed by atoms with Crippen molar-refractivity contribution in [1.29, 1.82) is 0 Å². The van der Waals surface area contributed by atoms with E-state index in [-0.39, 0.29) is 5.92 Å². The molecule has 3 nitrogen and oxygen atoms in total. The van der Waals surface area contributed by atoms with Crippen molar-refractivity contribution >= 4 is 5.91 Å². The zero-order chi connectivity index (χ0) is 11.1. The Hall–Kier alpha value is -0.830. The van der Waals surface area contributed by atoms with Crippen molar-refractivity contribution in [3.8, 4) is 0 Å². The molecule has 0 aromatic heterocycles. The van der Waals surface area contributed by atoms with Crippen LogP contribution in [0.3, 0.4) is 0 Å². The standard InChI is InChI=1S/C13H20N2O/c1-9-3-2-6-15(8-9)13(16)11-7-10-4-5-12(11)14-10/h3,10-12,14H,2,4-8H2,1H3. The van der Waals surface area contributed by atoms with Crippen LogP contribution in [0.15, 0.2) is 11.6 Å².